The number of nitrogens with two attached hydrogens (primary N) is 1. The van der Waals surface area contributed by atoms with E-state index in [1.807, 2.05) is 35.2 Å². The maximum absolute atomic E-state index is 12.5. The first-order valence-electron chi connectivity index (χ1n) is 8.61. The van der Waals surface area contributed by atoms with Crippen molar-refractivity contribution in [3.05, 3.63) is 65.7 Å². The molecule has 1 atom stereocenters. The van der Waals surface area contributed by atoms with Crippen molar-refractivity contribution in [3.63, 3.8) is 0 Å². The van der Waals surface area contributed by atoms with Crippen molar-refractivity contribution in [1.29, 1.82) is 0 Å². The Morgan fingerprint density at radius 2 is 1.88 bits per heavy atom. The molecule has 1 amide bonds. The van der Waals surface area contributed by atoms with Gasteiger partial charge >= 0.3 is 0 Å². The van der Waals surface area contributed by atoms with E-state index >= 15 is 0 Å². The van der Waals surface area contributed by atoms with E-state index in [-0.39, 0.29) is 11.9 Å². The Hall–Kier alpha value is -2.33. The quantitative estimate of drug-likeness (QED) is 0.920. The predicted molar refractivity (Wildman–Crippen MR) is 98.1 cm³/mol. The van der Waals surface area contributed by atoms with Crippen LogP contribution in [0, 0.1) is 0 Å². The molecule has 1 saturated heterocycles. The highest BCUT2D eigenvalue weighted by atomic mass is 16.2. The largest absolute Gasteiger partial charge is 0.367 e. The molecule has 126 valence electrons. The van der Waals surface area contributed by atoms with E-state index in [0.29, 0.717) is 6.54 Å². The number of hydrogen-bond acceptors (Lipinski definition) is 3. The smallest absolute Gasteiger partial charge is 0.253 e. The van der Waals surface area contributed by atoms with Crippen LogP contribution in [0.1, 0.15) is 29.3 Å². The molecule has 0 spiro atoms. The first-order chi connectivity index (χ1) is 11.7. The summed E-state index contributed by atoms with van der Waals surface area (Å²) in [6.45, 7) is 5.36. The number of carbonyl (C=O) groups is 1. The van der Waals surface area contributed by atoms with Gasteiger partial charge in [0.15, 0.2) is 0 Å². The molecular weight excluding hydrogens is 298 g/mol. The molecule has 1 aliphatic heterocycles. The fraction of sp³-hybridized carbons (Fsp3) is 0.350. The van der Waals surface area contributed by atoms with Crippen LogP contribution in [0.5, 0.6) is 0 Å². The number of amides is 1. The summed E-state index contributed by atoms with van der Waals surface area (Å²) < 4.78 is 0. The Bertz CT molecular complexity index is 669. The Labute approximate surface area is 143 Å². The van der Waals surface area contributed by atoms with Crippen LogP contribution < -0.4 is 10.6 Å². The summed E-state index contributed by atoms with van der Waals surface area (Å²) in [6.07, 6.45) is 0.893. The van der Waals surface area contributed by atoms with Crippen LogP contribution in [0.15, 0.2) is 54.6 Å². The number of hydrogen-bond donors (Lipinski definition) is 1. The number of benzene rings is 2. The summed E-state index contributed by atoms with van der Waals surface area (Å²) in [6, 6.07) is 18.5. The fourth-order valence-corrected chi connectivity index (χ4v) is 3.16. The predicted octanol–water partition coefficient (Wildman–Crippen LogP) is 2.89. The van der Waals surface area contributed by atoms with Crippen LogP contribution in [-0.2, 0) is 6.54 Å². The summed E-state index contributed by atoms with van der Waals surface area (Å²) in [7, 11) is 0. The molecular formula is C20H25N3O. The van der Waals surface area contributed by atoms with Crippen LogP contribution in [0.4, 0.5) is 5.69 Å². The molecule has 24 heavy (non-hydrogen) atoms. The highest BCUT2D eigenvalue weighted by Gasteiger charge is 2.24. The summed E-state index contributed by atoms with van der Waals surface area (Å²) >= 11 is 0. The van der Waals surface area contributed by atoms with Crippen LogP contribution in [-0.4, -0.2) is 36.5 Å². The lowest BCUT2D eigenvalue weighted by Crippen LogP contribution is -2.31. The van der Waals surface area contributed by atoms with E-state index in [4.69, 9.17) is 5.73 Å². The van der Waals surface area contributed by atoms with Crippen LogP contribution in [0.25, 0.3) is 0 Å². The molecule has 0 saturated carbocycles. The number of rotatable bonds is 5. The van der Waals surface area contributed by atoms with Crippen molar-refractivity contribution in [2.45, 2.75) is 25.9 Å². The molecule has 0 aromatic heterocycles. The van der Waals surface area contributed by atoms with E-state index in [1.165, 1.54) is 5.56 Å². The average Bonchev–Trinajstić information content (AvgIpc) is 3.06. The molecule has 2 N–H and O–H groups in total. The van der Waals surface area contributed by atoms with E-state index in [1.54, 1.807) is 0 Å². The lowest BCUT2D eigenvalue weighted by Gasteiger charge is -2.24. The Morgan fingerprint density at radius 1 is 1.17 bits per heavy atom. The van der Waals surface area contributed by atoms with E-state index < -0.39 is 0 Å². The second-order valence-corrected chi connectivity index (χ2v) is 6.35. The summed E-state index contributed by atoms with van der Waals surface area (Å²) in [5.41, 5.74) is 9.05. The molecule has 0 radical (unpaired) electrons. The normalized spacial score (nSPS) is 17.1. The van der Waals surface area contributed by atoms with Crippen molar-refractivity contribution in [2.75, 3.05) is 24.5 Å². The number of likely N-dealkylation sites (tertiary alicyclic amines) is 1. The van der Waals surface area contributed by atoms with Gasteiger partial charge < -0.3 is 15.5 Å². The third-order valence-electron chi connectivity index (χ3n) is 4.59. The van der Waals surface area contributed by atoms with Crippen molar-refractivity contribution in [3.8, 4) is 0 Å². The zero-order chi connectivity index (χ0) is 16.9. The summed E-state index contributed by atoms with van der Waals surface area (Å²) in [4.78, 5) is 16.6. The van der Waals surface area contributed by atoms with E-state index in [2.05, 4.69) is 36.1 Å². The minimum Gasteiger partial charge on any atom is -0.367 e. The van der Waals surface area contributed by atoms with Crippen molar-refractivity contribution < 1.29 is 4.79 Å². The first kappa shape index (κ1) is 16.5. The molecule has 0 bridgehead atoms. The van der Waals surface area contributed by atoms with Crippen LogP contribution in [0.2, 0.25) is 0 Å². The highest BCUT2D eigenvalue weighted by molar-refractivity contribution is 5.94. The zero-order valence-electron chi connectivity index (χ0n) is 14.2. The molecule has 1 fully saturated rings. The Kier molecular flexibility index (Phi) is 5.16. The van der Waals surface area contributed by atoms with Crippen molar-refractivity contribution >= 4 is 11.6 Å². The minimum absolute atomic E-state index is 0.0839. The van der Waals surface area contributed by atoms with Gasteiger partial charge in [-0.15, -0.1) is 0 Å². The van der Waals surface area contributed by atoms with Gasteiger partial charge in [-0.2, -0.15) is 0 Å². The third-order valence-corrected chi connectivity index (χ3v) is 4.59. The number of anilines is 1. The molecule has 3 rings (SSSR count). The van der Waals surface area contributed by atoms with Gasteiger partial charge in [-0.1, -0.05) is 30.3 Å². The van der Waals surface area contributed by atoms with Gasteiger partial charge in [0, 0.05) is 43.5 Å². The van der Waals surface area contributed by atoms with E-state index in [0.717, 1.165) is 37.3 Å². The second-order valence-electron chi connectivity index (χ2n) is 6.35. The monoisotopic (exact) mass is 323 g/mol. The van der Waals surface area contributed by atoms with Crippen molar-refractivity contribution in [2.24, 2.45) is 5.73 Å². The maximum atomic E-state index is 12.5. The minimum atomic E-state index is 0.0839. The van der Waals surface area contributed by atoms with Gasteiger partial charge in [-0.05, 0) is 43.2 Å². The molecule has 4 heteroatoms. The molecule has 1 aliphatic rings. The number of nitrogens with zero attached hydrogens (tertiary/aromatic N) is 2. The Balaban J connectivity index is 1.69. The maximum Gasteiger partial charge on any atom is 0.253 e. The van der Waals surface area contributed by atoms with Gasteiger partial charge in [0.2, 0.25) is 0 Å². The van der Waals surface area contributed by atoms with Crippen molar-refractivity contribution in [1.82, 2.24) is 4.90 Å². The topological polar surface area (TPSA) is 49.6 Å². The van der Waals surface area contributed by atoms with Gasteiger partial charge in [0.05, 0.1) is 0 Å². The van der Waals surface area contributed by atoms with E-state index in [9.17, 15) is 4.79 Å². The standard InChI is InChI=1S/C20H25N3O/c1-2-22(14-16-6-4-3-5-7-16)19-10-8-17(9-11-19)20(24)23-13-12-18(21)15-23/h3-11,18H,2,12-15,21H2,1H3/t18-/m1/s1. The molecule has 0 unspecified atom stereocenters. The lowest BCUT2D eigenvalue weighted by molar-refractivity contribution is 0.0791. The average molecular weight is 323 g/mol. The van der Waals surface area contributed by atoms with Gasteiger partial charge in [0.1, 0.15) is 0 Å². The molecule has 2 aromatic carbocycles. The van der Waals surface area contributed by atoms with Gasteiger partial charge in [0.25, 0.3) is 5.91 Å². The summed E-state index contributed by atoms with van der Waals surface area (Å²) in [5.74, 6) is 0.0839. The van der Waals surface area contributed by atoms with Crippen LogP contribution >= 0.6 is 0 Å². The first-order valence-corrected chi connectivity index (χ1v) is 8.61. The van der Waals surface area contributed by atoms with Crippen LogP contribution in [0.3, 0.4) is 0 Å². The fourth-order valence-electron chi connectivity index (χ4n) is 3.16. The molecule has 4 nitrogen and oxygen atoms in total. The SMILES string of the molecule is CCN(Cc1ccccc1)c1ccc(C(=O)N2CC[C@@H](N)C2)cc1. The third kappa shape index (κ3) is 3.77. The Morgan fingerprint density at radius 3 is 2.46 bits per heavy atom. The lowest BCUT2D eigenvalue weighted by atomic mass is 10.1. The second kappa shape index (κ2) is 7.49. The zero-order valence-corrected chi connectivity index (χ0v) is 14.2. The molecule has 0 aliphatic carbocycles. The molecule has 2 aromatic rings. The van der Waals surface area contributed by atoms with Gasteiger partial charge in [-0.3, -0.25) is 4.79 Å². The molecule has 1 heterocycles. The van der Waals surface area contributed by atoms with Gasteiger partial charge in [-0.25, -0.2) is 0 Å². The number of carbonyl (C=O) groups excluding carboxylic acids is 1. The summed E-state index contributed by atoms with van der Waals surface area (Å²) in [5, 5.41) is 0. The highest BCUT2D eigenvalue weighted by Crippen LogP contribution is 2.20.